The van der Waals surface area contributed by atoms with Gasteiger partial charge in [-0.3, -0.25) is 0 Å². The second kappa shape index (κ2) is 7.29. The van der Waals surface area contributed by atoms with E-state index in [-0.39, 0.29) is 0 Å². The molecule has 2 rings (SSSR count). The Morgan fingerprint density at radius 1 is 0.789 bits per heavy atom. The van der Waals surface area contributed by atoms with Crippen LogP contribution in [0.5, 0.6) is 0 Å². The summed E-state index contributed by atoms with van der Waals surface area (Å²) in [5.74, 6) is 2.34. The highest BCUT2D eigenvalue weighted by atomic mass is 32.2. The molecule has 0 radical (unpaired) electrons. The highest BCUT2D eigenvalue weighted by Gasteiger charge is 2.06. The fourth-order valence-electron chi connectivity index (χ4n) is 2.05. The average Bonchev–Trinajstić information content (AvgIpc) is 2.42. The van der Waals surface area contributed by atoms with Crippen molar-refractivity contribution in [1.82, 2.24) is 0 Å². The van der Waals surface area contributed by atoms with Crippen LogP contribution in [-0.2, 0) is 13.1 Å². The second-order valence-electron chi connectivity index (χ2n) is 4.68. The van der Waals surface area contributed by atoms with Crippen molar-refractivity contribution in [2.24, 2.45) is 0 Å². The lowest BCUT2D eigenvalue weighted by Crippen LogP contribution is -2.39. The molecule has 0 atom stereocenters. The Morgan fingerprint density at radius 3 is 1.68 bits per heavy atom. The normalized spacial score (nSPS) is 10.6. The zero-order valence-electron chi connectivity index (χ0n) is 11.7. The Hall–Kier alpha value is -1.35. The van der Waals surface area contributed by atoms with Gasteiger partial charge in [0, 0.05) is 38.1 Å². The summed E-state index contributed by atoms with van der Waals surface area (Å²) >= 11 is 2.02. The molecule has 3 heteroatoms. The van der Waals surface area contributed by atoms with Crippen molar-refractivity contribution in [1.29, 1.82) is 0 Å². The van der Waals surface area contributed by atoms with Gasteiger partial charge in [0.1, 0.15) is 0 Å². The predicted molar refractivity (Wildman–Crippen MR) is 80.1 cm³/mol. The number of hydrogen-bond acceptors (Lipinski definition) is 1. The number of hydrogen-bond donors (Lipinski definition) is 0. The third kappa shape index (κ3) is 4.35. The van der Waals surface area contributed by atoms with E-state index in [0.29, 0.717) is 0 Å². The lowest BCUT2D eigenvalue weighted by molar-refractivity contribution is -0.699. The molecule has 0 aliphatic rings. The van der Waals surface area contributed by atoms with Crippen molar-refractivity contribution >= 4 is 11.8 Å². The van der Waals surface area contributed by atoms with E-state index in [1.165, 1.54) is 22.9 Å². The molecule has 0 amide bonds. The molecule has 19 heavy (non-hydrogen) atoms. The van der Waals surface area contributed by atoms with Crippen molar-refractivity contribution in [3.63, 3.8) is 0 Å². The smallest absolute Gasteiger partial charge is 0.178 e. The number of aryl methyl sites for hydroxylation is 4. The molecule has 0 N–H and O–H groups in total. The molecule has 2 aromatic rings. The molecule has 0 unspecified atom stereocenters. The molecular formula is C16H22N2S+2. The zero-order valence-corrected chi connectivity index (χ0v) is 12.6. The van der Waals surface area contributed by atoms with Gasteiger partial charge >= 0.3 is 0 Å². The molecule has 0 saturated heterocycles. The first kappa shape index (κ1) is 14.1. The zero-order chi connectivity index (χ0) is 13.5. The predicted octanol–water partition coefficient (Wildman–Crippen LogP) is 2.31. The largest absolute Gasteiger partial charge is 0.202 e. The van der Waals surface area contributed by atoms with Crippen LogP contribution in [0.4, 0.5) is 0 Å². The Balaban J connectivity index is 1.71. The second-order valence-corrected chi connectivity index (χ2v) is 5.91. The fourth-order valence-corrected chi connectivity index (χ4v) is 2.91. The molecule has 0 aliphatic heterocycles. The van der Waals surface area contributed by atoms with Gasteiger partial charge in [0.25, 0.3) is 0 Å². The molecular weight excluding hydrogens is 252 g/mol. The minimum atomic E-state index is 1.09. The topological polar surface area (TPSA) is 7.76 Å². The van der Waals surface area contributed by atoms with Gasteiger partial charge in [-0.1, -0.05) is 12.1 Å². The van der Waals surface area contributed by atoms with Gasteiger partial charge in [-0.05, 0) is 0 Å². The van der Waals surface area contributed by atoms with Crippen LogP contribution in [-0.4, -0.2) is 11.5 Å². The van der Waals surface area contributed by atoms with E-state index in [1.807, 2.05) is 11.8 Å². The lowest BCUT2D eigenvalue weighted by Gasteiger charge is -2.01. The third-order valence-electron chi connectivity index (χ3n) is 3.29. The summed E-state index contributed by atoms with van der Waals surface area (Å²) in [4.78, 5) is 0. The number of aromatic nitrogens is 2. The first-order valence-electron chi connectivity index (χ1n) is 6.75. The van der Waals surface area contributed by atoms with E-state index < -0.39 is 0 Å². The van der Waals surface area contributed by atoms with Gasteiger partial charge in [0.2, 0.25) is 0 Å². The van der Waals surface area contributed by atoms with Gasteiger partial charge in [-0.2, -0.15) is 0 Å². The van der Waals surface area contributed by atoms with Crippen molar-refractivity contribution < 1.29 is 9.13 Å². The minimum absolute atomic E-state index is 1.09. The molecule has 0 spiro atoms. The van der Waals surface area contributed by atoms with E-state index in [0.717, 1.165) is 13.1 Å². The minimum Gasteiger partial charge on any atom is -0.202 e. The molecule has 2 nitrogen and oxygen atoms in total. The molecule has 0 bridgehead atoms. The highest BCUT2D eigenvalue weighted by Crippen LogP contribution is 2.00. The van der Waals surface area contributed by atoms with Gasteiger partial charge in [0.15, 0.2) is 36.9 Å². The molecule has 0 fully saturated rings. The Bertz CT molecular complexity index is 478. The lowest BCUT2D eigenvalue weighted by atomic mass is 10.3. The van der Waals surface area contributed by atoms with Crippen LogP contribution in [0.15, 0.2) is 48.8 Å². The van der Waals surface area contributed by atoms with Gasteiger partial charge in [-0.25, -0.2) is 9.13 Å². The summed E-state index contributed by atoms with van der Waals surface area (Å²) in [6.45, 7) is 6.51. The SMILES string of the molecule is Cc1cccc[n+]1CCSCC[n+]1ccccc1C. The standard InChI is InChI=1S/C16H22N2S/c1-15-7-3-5-9-17(15)11-13-19-14-12-18-10-6-4-8-16(18)2/h3-10H,11-14H2,1-2H3/q+2. The van der Waals surface area contributed by atoms with Gasteiger partial charge < -0.3 is 0 Å². The van der Waals surface area contributed by atoms with E-state index in [4.69, 9.17) is 0 Å². The van der Waals surface area contributed by atoms with Crippen LogP contribution < -0.4 is 9.13 Å². The number of thioether (sulfide) groups is 1. The summed E-state index contributed by atoms with van der Waals surface area (Å²) in [5.41, 5.74) is 2.66. The molecule has 0 aliphatic carbocycles. The molecule has 2 aromatic heterocycles. The van der Waals surface area contributed by atoms with E-state index in [2.05, 4.69) is 71.8 Å². The van der Waals surface area contributed by atoms with Crippen LogP contribution in [0.25, 0.3) is 0 Å². The van der Waals surface area contributed by atoms with Crippen molar-refractivity contribution in [3.8, 4) is 0 Å². The molecule has 0 aromatic carbocycles. The maximum absolute atomic E-state index is 2.31. The first-order valence-corrected chi connectivity index (χ1v) is 7.91. The van der Waals surface area contributed by atoms with Gasteiger partial charge in [-0.15, -0.1) is 11.8 Å². The third-order valence-corrected chi connectivity index (χ3v) is 4.23. The maximum atomic E-state index is 2.31. The van der Waals surface area contributed by atoms with E-state index in [9.17, 15) is 0 Å². The van der Waals surface area contributed by atoms with E-state index in [1.54, 1.807) is 0 Å². The molecule has 0 saturated carbocycles. The molecule has 100 valence electrons. The summed E-state index contributed by atoms with van der Waals surface area (Å²) in [6.07, 6.45) is 4.32. The summed E-state index contributed by atoms with van der Waals surface area (Å²) in [5, 5.41) is 0. The molecule has 2 heterocycles. The van der Waals surface area contributed by atoms with Crippen LogP contribution >= 0.6 is 11.8 Å². The Kier molecular flexibility index (Phi) is 5.40. The first-order chi connectivity index (χ1) is 9.27. The van der Waals surface area contributed by atoms with Crippen molar-refractivity contribution in [2.75, 3.05) is 11.5 Å². The monoisotopic (exact) mass is 274 g/mol. The van der Waals surface area contributed by atoms with Crippen LogP contribution in [0, 0.1) is 13.8 Å². The summed E-state index contributed by atoms with van der Waals surface area (Å²) < 4.78 is 4.63. The van der Waals surface area contributed by atoms with Crippen LogP contribution in [0.3, 0.4) is 0 Å². The number of pyridine rings is 2. The van der Waals surface area contributed by atoms with Crippen LogP contribution in [0.1, 0.15) is 11.4 Å². The average molecular weight is 274 g/mol. The van der Waals surface area contributed by atoms with Crippen molar-refractivity contribution in [2.45, 2.75) is 26.9 Å². The van der Waals surface area contributed by atoms with Crippen molar-refractivity contribution in [3.05, 3.63) is 60.2 Å². The Labute approximate surface area is 120 Å². The quantitative estimate of drug-likeness (QED) is 0.579. The highest BCUT2D eigenvalue weighted by molar-refractivity contribution is 7.99. The van der Waals surface area contributed by atoms with Crippen LogP contribution in [0.2, 0.25) is 0 Å². The van der Waals surface area contributed by atoms with Gasteiger partial charge in [0.05, 0.1) is 11.5 Å². The fraction of sp³-hybridized carbons (Fsp3) is 0.375. The summed E-state index contributed by atoms with van der Waals surface area (Å²) in [7, 11) is 0. The summed E-state index contributed by atoms with van der Waals surface area (Å²) in [6, 6.07) is 12.7. The maximum Gasteiger partial charge on any atom is 0.178 e. The number of rotatable bonds is 6. The Morgan fingerprint density at radius 2 is 1.26 bits per heavy atom. The number of nitrogens with zero attached hydrogens (tertiary/aromatic N) is 2. The van der Waals surface area contributed by atoms with E-state index >= 15 is 0 Å².